The van der Waals surface area contributed by atoms with Crippen LogP contribution in [0.2, 0.25) is 0 Å². The molecule has 10 heteroatoms. The Labute approximate surface area is 173 Å². The van der Waals surface area contributed by atoms with Crippen molar-refractivity contribution in [2.45, 2.75) is 58.0 Å². The van der Waals surface area contributed by atoms with Crippen LogP contribution in [0.3, 0.4) is 0 Å². The molecule has 2 aliphatic heterocycles. The maximum absolute atomic E-state index is 13.6. The number of hydrogen-bond donors (Lipinski definition) is 2. The topological polar surface area (TPSA) is 73.9 Å². The number of anilines is 1. The van der Waals surface area contributed by atoms with Crippen molar-refractivity contribution in [1.29, 1.82) is 0 Å². The number of benzene rings is 1. The van der Waals surface area contributed by atoms with Gasteiger partial charge in [0.05, 0.1) is 12.6 Å². The Morgan fingerprint density at radius 1 is 1.20 bits per heavy atom. The van der Waals surface area contributed by atoms with Crippen molar-refractivity contribution < 1.29 is 27.5 Å². The first-order valence-electron chi connectivity index (χ1n) is 9.80. The minimum Gasteiger partial charge on any atom is -0.435 e. The fourth-order valence-electron chi connectivity index (χ4n) is 3.85. The van der Waals surface area contributed by atoms with Crippen molar-refractivity contribution in [3.05, 3.63) is 24.0 Å². The summed E-state index contributed by atoms with van der Waals surface area (Å²) in [4.78, 5) is 28.7. The standard InChI is InChI=1S/C20H27F3N4O3/c1-11(18(29)24-13-5-12(21)6-14(7-13)30-19(22)23)27-9-15-16(27)8-26(15)10-17(28)25-20(2,3)4/h5-7,11,15-16,19H,8-10H2,1-4H3,(H,24,29)(H,25,28)/t11?,15?,16-/m1/s1. The molecule has 2 amide bonds. The zero-order valence-electron chi connectivity index (χ0n) is 17.4. The second-order valence-electron chi connectivity index (χ2n) is 8.78. The average Bonchev–Trinajstić information content (AvgIpc) is 2.55. The van der Waals surface area contributed by atoms with Gasteiger partial charge in [-0.1, -0.05) is 0 Å². The van der Waals surface area contributed by atoms with E-state index in [9.17, 15) is 22.8 Å². The molecule has 1 aromatic rings. The lowest BCUT2D eigenvalue weighted by molar-refractivity contribution is -0.158. The second kappa shape index (κ2) is 8.43. The molecule has 3 rings (SSSR count). The second-order valence-corrected chi connectivity index (χ2v) is 8.78. The largest absolute Gasteiger partial charge is 0.435 e. The molecule has 3 atom stereocenters. The summed E-state index contributed by atoms with van der Waals surface area (Å²) in [5, 5.41) is 5.48. The zero-order valence-corrected chi connectivity index (χ0v) is 17.4. The smallest absolute Gasteiger partial charge is 0.387 e. The van der Waals surface area contributed by atoms with Gasteiger partial charge in [0.25, 0.3) is 0 Å². The van der Waals surface area contributed by atoms with Gasteiger partial charge in [-0.15, -0.1) is 0 Å². The number of fused-ring (bicyclic) bond motifs is 1. The first-order chi connectivity index (χ1) is 13.9. The third kappa shape index (κ3) is 5.23. The van der Waals surface area contributed by atoms with Crippen molar-refractivity contribution in [2.75, 3.05) is 25.0 Å². The molecule has 2 N–H and O–H groups in total. The number of carbonyl (C=O) groups is 2. The molecule has 30 heavy (non-hydrogen) atoms. The SMILES string of the molecule is CC(C(=O)Nc1cc(F)cc(OC(F)F)c1)N1CC2[C@H]1CN2CC(=O)NC(C)(C)C. The number of nitrogens with one attached hydrogen (secondary N) is 2. The summed E-state index contributed by atoms with van der Waals surface area (Å²) in [6, 6.07) is 2.94. The van der Waals surface area contributed by atoms with Gasteiger partial charge >= 0.3 is 6.61 Å². The third-order valence-electron chi connectivity index (χ3n) is 5.26. The Morgan fingerprint density at radius 3 is 2.47 bits per heavy atom. The molecule has 0 radical (unpaired) electrons. The molecule has 0 saturated carbocycles. The third-order valence-corrected chi connectivity index (χ3v) is 5.26. The van der Waals surface area contributed by atoms with Crippen molar-refractivity contribution in [3.8, 4) is 5.75 Å². The molecule has 2 saturated heterocycles. The van der Waals surface area contributed by atoms with E-state index in [0.29, 0.717) is 19.6 Å². The van der Waals surface area contributed by atoms with Crippen LogP contribution < -0.4 is 15.4 Å². The summed E-state index contributed by atoms with van der Waals surface area (Å²) in [6.45, 7) is 6.08. The molecule has 0 aliphatic carbocycles. The summed E-state index contributed by atoms with van der Waals surface area (Å²) >= 11 is 0. The number of amides is 2. The summed E-state index contributed by atoms with van der Waals surface area (Å²) in [7, 11) is 0. The van der Waals surface area contributed by atoms with E-state index >= 15 is 0 Å². The number of piperazine rings is 1. The minimum absolute atomic E-state index is 0.0295. The predicted octanol–water partition coefficient (Wildman–Crippen LogP) is 2.04. The van der Waals surface area contributed by atoms with Crippen molar-refractivity contribution in [2.24, 2.45) is 0 Å². The molecule has 0 aromatic heterocycles. The van der Waals surface area contributed by atoms with Gasteiger partial charge in [-0.05, 0) is 33.8 Å². The van der Waals surface area contributed by atoms with Gasteiger partial charge < -0.3 is 15.4 Å². The van der Waals surface area contributed by atoms with E-state index < -0.39 is 18.5 Å². The fourth-order valence-corrected chi connectivity index (χ4v) is 3.85. The lowest BCUT2D eigenvalue weighted by Crippen LogP contribution is -2.81. The van der Waals surface area contributed by atoms with E-state index in [0.717, 1.165) is 18.2 Å². The highest BCUT2D eigenvalue weighted by molar-refractivity contribution is 5.94. The molecule has 2 unspecified atom stereocenters. The summed E-state index contributed by atoms with van der Waals surface area (Å²) in [6.07, 6.45) is 0. The van der Waals surface area contributed by atoms with E-state index in [1.165, 1.54) is 0 Å². The monoisotopic (exact) mass is 428 g/mol. The molecule has 7 nitrogen and oxygen atoms in total. The van der Waals surface area contributed by atoms with Crippen LogP contribution in [0.1, 0.15) is 27.7 Å². The molecule has 166 valence electrons. The number of ether oxygens (including phenoxy) is 1. The van der Waals surface area contributed by atoms with Gasteiger partial charge in [-0.25, -0.2) is 4.39 Å². The molecular formula is C20H27F3N4O3. The summed E-state index contributed by atoms with van der Waals surface area (Å²) in [5.74, 6) is -1.55. The van der Waals surface area contributed by atoms with Crippen molar-refractivity contribution in [1.82, 2.24) is 15.1 Å². The zero-order chi connectivity index (χ0) is 22.2. The number of rotatable bonds is 7. The van der Waals surface area contributed by atoms with Gasteiger partial charge in [0.15, 0.2) is 0 Å². The molecular weight excluding hydrogens is 401 g/mol. The van der Waals surface area contributed by atoms with Gasteiger partial charge in [0, 0.05) is 48.5 Å². The van der Waals surface area contributed by atoms with Crippen LogP contribution in [0, 0.1) is 5.82 Å². The fraction of sp³-hybridized carbons (Fsp3) is 0.600. The number of carbonyl (C=O) groups excluding carboxylic acids is 2. The number of likely N-dealkylation sites (tertiary alicyclic amines) is 2. The Balaban J connectivity index is 1.50. The van der Waals surface area contributed by atoms with Crippen LogP contribution in [-0.2, 0) is 9.59 Å². The Bertz CT molecular complexity index is 815. The lowest BCUT2D eigenvalue weighted by Gasteiger charge is -2.63. The van der Waals surface area contributed by atoms with Gasteiger partial charge in [-0.3, -0.25) is 19.4 Å². The molecule has 2 fully saturated rings. The van der Waals surface area contributed by atoms with Gasteiger partial charge in [0.1, 0.15) is 11.6 Å². The molecule has 2 heterocycles. The summed E-state index contributed by atoms with van der Waals surface area (Å²) in [5.41, 5.74) is -0.231. The molecule has 0 bridgehead atoms. The van der Waals surface area contributed by atoms with Crippen LogP contribution in [0.25, 0.3) is 0 Å². The average molecular weight is 428 g/mol. The van der Waals surface area contributed by atoms with E-state index in [1.54, 1.807) is 6.92 Å². The van der Waals surface area contributed by atoms with Gasteiger partial charge in [-0.2, -0.15) is 8.78 Å². The van der Waals surface area contributed by atoms with Gasteiger partial charge in [0.2, 0.25) is 11.8 Å². The molecule has 0 spiro atoms. The van der Waals surface area contributed by atoms with E-state index in [2.05, 4.69) is 20.3 Å². The van der Waals surface area contributed by atoms with Crippen LogP contribution in [-0.4, -0.2) is 71.5 Å². The first kappa shape index (κ1) is 22.4. The maximum atomic E-state index is 13.6. The molecule has 2 aliphatic rings. The highest BCUT2D eigenvalue weighted by Gasteiger charge is 2.54. The Hall–Kier alpha value is -2.33. The number of alkyl halides is 2. The van der Waals surface area contributed by atoms with E-state index in [4.69, 9.17) is 0 Å². The predicted molar refractivity (Wildman–Crippen MR) is 105 cm³/mol. The van der Waals surface area contributed by atoms with Crippen LogP contribution in [0.5, 0.6) is 5.75 Å². The van der Waals surface area contributed by atoms with Crippen LogP contribution in [0.4, 0.5) is 18.9 Å². The maximum Gasteiger partial charge on any atom is 0.387 e. The highest BCUT2D eigenvalue weighted by Crippen LogP contribution is 2.35. The summed E-state index contributed by atoms with van der Waals surface area (Å²) < 4.78 is 42.5. The normalized spacial score (nSPS) is 22.5. The van der Waals surface area contributed by atoms with Crippen LogP contribution in [0.15, 0.2) is 18.2 Å². The first-order valence-corrected chi connectivity index (χ1v) is 9.80. The number of nitrogens with zero attached hydrogens (tertiary/aromatic N) is 2. The quantitative estimate of drug-likeness (QED) is 0.696. The number of hydrogen-bond acceptors (Lipinski definition) is 5. The van der Waals surface area contributed by atoms with Crippen molar-refractivity contribution >= 4 is 17.5 Å². The van der Waals surface area contributed by atoms with Crippen LogP contribution >= 0.6 is 0 Å². The van der Waals surface area contributed by atoms with Crippen molar-refractivity contribution in [3.63, 3.8) is 0 Å². The Kier molecular flexibility index (Phi) is 6.28. The molecule has 1 aromatic carbocycles. The minimum atomic E-state index is -3.08. The highest BCUT2D eigenvalue weighted by atomic mass is 19.3. The number of halogens is 3. The van der Waals surface area contributed by atoms with E-state index in [1.807, 2.05) is 25.7 Å². The van der Waals surface area contributed by atoms with E-state index in [-0.39, 0.29) is 40.9 Å². The lowest BCUT2D eigenvalue weighted by atomic mass is 9.84. The Morgan fingerprint density at radius 2 is 1.90 bits per heavy atom.